The Bertz CT molecular complexity index is 1180. The van der Waals surface area contributed by atoms with E-state index in [4.69, 9.17) is 0 Å². The van der Waals surface area contributed by atoms with Crippen LogP contribution in [0.25, 0.3) is 16.7 Å². The van der Waals surface area contributed by atoms with Crippen molar-refractivity contribution in [3.63, 3.8) is 0 Å². The van der Waals surface area contributed by atoms with E-state index in [1.54, 1.807) is 6.07 Å². The molecule has 0 saturated carbocycles. The molecule has 136 valence electrons. The van der Waals surface area contributed by atoms with Gasteiger partial charge in [-0.15, -0.1) is 0 Å². The van der Waals surface area contributed by atoms with E-state index >= 15 is 0 Å². The summed E-state index contributed by atoms with van der Waals surface area (Å²) in [6.07, 6.45) is 5.47. The summed E-state index contributed by atoms with van der Waals surface area (Å²) >= 11 is 0. The molecule has 1 aliphatic heterocycles. The number of amides is 1. The second kappa shape index (κ2) is 5.90. The number of aromatic amines is 1. The van der Waals surface area contributed by atoms with Gasteiger partial charge in [0.25, 0.3) is 5.91 Å². The van der Waals surface area contributed by atoms with E-state index in [1.807, 2.05) is 40.8 Å². The first-order valence-corrected chi connectivity index (χ1v) is 9.00. The van der Waals surface area contributed by atoms with Crippen molar-refractivity contribution in [3.8, 4) is 0 Å². The number of fused-ring (bicyclic) bond motifs is 2. The number of rotatable bonds is 2. The van der Waals surface area contributed by atoms with Crippen LogP contribution in [0.2, 0.25) is 0 Å². The van der Waals surface area contributed by atoms with Crippen molar-refractivity contribution >= 4 is 22.6 Å². The Morgan fingerprint density at radius 2 is 2.11 bits per heavy atom. The van der Waals surface area contributed by atoms with Gasteiger partial charge in [-0.1, -0.05) is 0 Å². The molecule has 0 unspecified atom stereocenters. The monoisotopic (exact) mass is 363 g/mol. The normalized spacial score (nSPS) is 17.3. The minimum absolute atomic E-state index is 0.0302. The summed E-state index contributed by atoms with van der Waals surface area (Å²) in [5.41, 5.74) is 3.71. The molecule has 1 fully saturated rings. The molecular weight excluding hydrogens is 345 g/mol. The summed E-state index contributed by atoms with van der Waals surface area (Å²) < 4.78 is 15.3. The Hall–Kier alpha value is -3.22. The first kappa shape index (κ1) is 16.0. The van der Waals surface area contributed by atoms with Crippen LogP contribution in [0.3, 0.4) is 0 Å². The lowest BCUT2D eigenvalue weighted by Crippen LogP contribution is -2.31. The molecule has 1 aromatic carbocycles. The maximum absolute atomic E-state index is 13.5. The predicted molar refractivity (Wildman–Crippen MR) is 99.0 cm³/mol. The average Bonchev–Trinajstić information content (AvgIpc) is 3.36. The summed E-state index contributed by atoms with van der Waals surface area (Å²) in [6.45, 7) is 2.60. The van der Waals surface area contributed by atoms with E-state index in [-0.39, 0.29) is 17.8 Å². The Balaban J connectivity index is 1.49. The van der Waals surface area contributed by atoms with Gasteiger partial charge in [-0.05, 0) is 50.1 Å². The number of carbonyl (C=O) groups is 1. The van der Waals surface area contributed by atoms with E-state index < -0.39 is 0 Å². The van der Waals surface area contributed by atoms with Crippen LogP contribution in [-0.4, -0.2) is 36.7 Å². The zero-order valence-corrected chi connectivity index (χ0v) is 14.8. The molecule has 1 N–H and O–H groups in total. The number of imidazole rings is 2. The van der Waals surface area contributed by atoms with Crippen LogP contribution in [0, 0.1) is 12.7 Å². The van der Waals surface area contributed by atoms with Gasteiger partial charge in [0.1, 0.15) is 17.3 Å². The number of H-pyrrole nitrogens is 1. The van der Waals surface area contributed by atoms with Gasteiger partial charge < -0.3 is 14.3 Å². The molecule has 0 radical (unpaired) electrons. The van der Waals surface area contributed by atoms with Crippen molar-refractivity contribution in [3.05, 3.63) is 65.6 Å². The fourth-order valence-corrected chi connectivity index (χ4v) is 3.86. The molecule has 4 aromatic rings. The highest BCUT2D eigenvalue weighted by atomic mass is 19.1. The molecule has 1 aliphatic rings. The third kappa shape index (κ3) is 2.66. The van der Waals surface area contributed by atoms with Crippen molar-refractivity contribution in [1.29, 1.82) is 0 Å². The summed E-state index contributed by atoms with van der Waals surface area (Å²) in [5, 5.41) is 0. The minimum atomic E-state index is -0.305. The number of likely N-dealkylation sites (tertiary alicyclic amines) is 1. The van der Waals surface area contributed by atoms with Crippen molar-refractivity contribution in [2.45, 2.75) is 25.8 Å². The fraction of sp³-hybridized carbons (Fsp3) is 0.250. The van der Waals surface area contributed by atoms with Gasteiger partial charge in [0, 0.05) is 18.9 Å². The number of pyridine rings is 1. The lowest BCUT2D eigenvalue weighted by atomic mass is 10.2. The van der Waals surface area contributed by atoms with Gasteiger partial charge >= 0.3 is 0 Å². The van der Waals surface area contributed by atoms with Crippen molar-refractivity contribution in [2.75, 3.05) is 6.54 Å². The Morgan fingerprint density at radius 3 is 3.00 bits per heavy atom. The van der Waals surface area contributed by atoms with Gasteiger partial charge in [0.15, 0.2) is 0 Å². The number of aromatic nitrogens is 4. The second-order valence-corrected chi connectivity index (χ2v) is 7.01. The molecule has 6 nitrogen and oxygen atoms in total. The molecule has 27 heavy (non-hydrogen) atoms. The first-order chi connectivity index (χ1) is 13.1. The average molecular weight is 363 g/mol. The summed E-state index contributed by atoms with van der Waals surface area (Å²) in [5.74, 6) is 0.374. The van der Waals surface area contributed by atoms with Gasteiger partial charge in [0.05, 0.1) is 28.3 Å². The molecule has 4 heterocycles. The molecule has 1 atom stereocenters. The molecular formula is C20H18FN5O. The van der Waals surface area contributed by atoms with E-state index in [2.05, 4.69) is 15.0 Å². The minimum Gasteiger partial charge on any atom is -0.340 e. The van der Waals surface area contributed by atoms with Crippen LogP contribution in [0.4, 0.5) is 4.39 Å². The Kier molecular flexibility index (Phi) is 3.50. The van der Waals surface area contributed by atoms with Crippen LogP contribution in [0.1, 0.15) is 40.8 Å². The van der Waals surface area contributed by atoms with Gasteiger partial charge in [-0.2, -0.15) is 0 Å². The number of nitrogens with one attached hydrogen (secondary N) is 1. The van der Waals surface area contributed by atoms with Crippen LogP contribution in [0.5, 0.6) is 0 Å². The predicted octanol–water partition coefficient (Wildman–Crippen LogP) is 3.64. The smallest absolute Gasteiger partial charge is 0.255 e. The zero-order chi connectivity index (χ0) is 18.5. The highest BCUT2D eigenvalue weighted by Crippen LogP contribution is 2.32. The van der Waals surface area contributed by atoms with Gasteiger partial charge in [0.2, 0.25) is 0 Å². The summed E-state index contributed by atoms with van der Waals surface area (Å²) in [4.78, 5) is 27.2. The SMILES string of the molecule is Cc1cn2cc(C(=O)N3CCC[C@@H]3c3nc4ccc(F)cc4[nH]3)ccc2n1. The molecule has 7 heteroatoms. The van der Waals surface area contributed by atoms with Crippen molar-refractivity contribution in [1.82, 2.24) is 24.3 Å². The van der Waals surface area contributed by atoms with Gasteiger partial charge in [-0.3, -0.25) is 4.79 Å². The molecule has 0 bridgehead atoms. The maximum Gasteiger partial charge on any atom is 0.255 e. The zero-order valence-electron chi connectivity index (χ0n) is 14.8. The molecule has 1 amide bonds. The number of nitrogens with zero attached hydrogens (tertiary/aromatic N) is 4. The van der Waals surface area contributed by atoms with Gasteiger partial charge in [-0.25, -0.2) is 14.4 Å². The number of benzene rings is 1. The third-order valence-electron chi connectivity index (χ3n) is 5.11. The van der Waals surface area contributed by atoms with Crippen molar-refractivity contribution < 1.29 is 9.18 Å². The number of aryl methyl sites for hydroxylation is 1. The molecule has 1 saturated heterocycles. The largest absolute Gasteiger partial charge is 0.340 e. The fourth-order valence-electron chi connectivity index (χ4n) is 3.86. The van der Waals surface area contributed by atoms with E-state index in [0.717, 1.165) is 24.2 Å². The number of halogens is 1. The van der Waals surface area contributed by atoms with Crippen molar-refractivity contribution in [2.24, 2.45) is 0 Å². The highest BCUT2D eigenvalue weighted by Gasteiger charge is 2.33. The van der Waals surface area contributed by atoms with E-state index in [0.29, 0.717) is 29.0 Å². The topological polar surface area (TPSA) is 66.3 Å². The second-order valence-electron chi connectivity index (χ2n) is 7.01. The molecule has 0 aliphatic carbocycles. The first-order valence-electron chi connectivity index (χ1n) is 9.00. The maximum atomic E-state index is 13.5. The quantitative estimate of drug-likeness (QED) is 0.591. The lowest BCUT2D eigenvalue weighted by Gasteiger charge is -2.23. The van der Waals surface area contributed by atoms with Crippen LogP contribution in [-0.2, 0) is 0 Å². The summed E-state index contributed by atoms with van der Waals surface area (Å²) in [7, 11) is 0. The number of carbonyl (C=O) groups excluding carboxylic acids is 1. The highest BCUT2D eigenvalue weighted by molar-refractivity contribution is 5.94. The standard InChI is InChI=1S/C20H18FN5O/c1-12-10-25-11-13(4-7-18(25)22-12)20(27)26-8-2-3-17(26)19-23-15-6-5-14(21)9-16(15)24-19/h4-7,9-11,17H,2-3,8H2,1H3,(H,23,24)/t17-/m1/s1. The van der Waals surface area contributed by atoms with E-state index in [1.165, 1.54) is 12.1 Å². The molecule has 3 aromatic heterocycles. The molecule has 0 spiro atoms. The van der Waals surface area contributed by atoms with Crippen LogP contribution < -0.4 is 0 Å². The summed E-state index contributed by atoms with van der Waals surface area (Å²) in [6, 6.07) is 8.02. The number of hydrogen-bond acceptors (Lipinski definition) is 3. The third-order valence-corrected chi connectivity index (χ3v) is 5.11. The van der Waals surface area contributed by atoms with Crippen LogP contribution >= 0.6 is 0 Å². The number of hydrogen-bond donors (Lipinski definition) is 1. The van der Waals surface area contributed by atoms with Crippen LogP contribution in [0.15, 0.2) is 42.7 Å². The lowest BCUT2D eigenvalue weighted by molar-refractivity contribution is 0.0730. The Labute approximate surface area is 154 Å². The molecule has 5 rings (SSSR count). The Morgan fingerprint density at radius 1 is 1.22 bits per heavy atom. The van der Waals surface area contributed by atoms with E-state index in [9.17, 15) is 9.18 Å².